The van der Waals surface area contributed by atoms with Gasteiger partial charge in [0, 0.05) is 22.3 Å². The topological polar surface area (TPSA) is 188 Å². The molecule has 0 fully saturated rings. The van der Waals surface area contributed by atoms with Crippen molar-refractivity contribution < 1.29 is 43.9 Å². The van der Waals surface area contributed by atoms with Gasteiger partial charge in [0.2, 0.25) is 5.75 Å². The van der Waals surface area contributed by atoms with Crippen LogP contribution < -0.4 is 20.1 Å². The van der Waals surface area contributed by atoms with Crippen molar-refractivity contribution in [1.29, 1.82) is 0 Å². The minimum absolute atomic E-state index is 0.00808. The predicted octanol–water partition coefficient (Wildman–Crippen LogP) is 6.07. The van der Waals surface area contributed by atoms with Gasteiger partial charge in [0.25, 0.3) is 11.8 Å². The SMILES string of the molecule is CCCNC(=O)c1cc(Oc2cc(C)c(O)cc2NC(=O)COc2ccc(C)cc2C)c(O)c(O)c1S1=NN=C(SC(C)C(=O)OC)S1. The van der Waals surface area contributed by atoms with Gasteiger partial charge in [0.1, 0.15) is 16.7 Å². The van der Waals surface area contributed by atoms with Gasteiger partial charge < -0.3 is 40.2 Å². The highest BCUT2D eigenvalue weighted by Crippen LogP contribution is 2.49. The number of amides is 2. The fourth-order valence-electron chi connectivity index (χ4n) is 4.30. The maximum Gasteiger partial charge on any atom is 0.318 e. The number of rotatable bonds is 12. The second-order valence-corrected chi connectivity index (χ2v) is 15.3. The van der Waals surface area contributed by atoms with E-state index >= 15 is 0 Å². The van der Waals surface area contributed by atoms with Crippen LogP contribution in [-0.4, -0.2) is 63.0 Å². The standard InChI is InChI=1S/C32H36N4O9S3/c1-7-10-33-30(41)20-13-25(27(39)28(40)29(20)48-36-35-32(47-48)46-19(5)31(42)43-6)45-24-12-17(3)22(37)14-21(24)34-26(38)15-44-23-9-8-16(2)11-18(23)4/h8-9,11-14,19,37,39-40H,7,10,15H2,1-6H3,(H,33,41)(H,34,38). The highest BCUT2D eigenvalue weighted by Gasteiger charge is 2.30. The third kappa shape index (κ3) is 8.73. The summed E-state index contributed by atoms with van der Waals surface area (Å²) in [5.74, 6) is -2.79. The summed E-state index contributed by atoms with van der Waals surface area (Å²) in [6.45, 7) is 8.94. The second kappa shape index (κ2) is 16.1. The summed E-state index contributed by atoms with van der Waals surface area (Å²) in [7, 11) is 1.12. The average Bonchev–Trinajstić information content (AvgIpc) is 3.50. The Kier molecular flexibility index (Phi) is 12.2. The largest absolute Gasteiger partial charge is 0.508 e. The number of hydrogen-bond acceptors (Lipinski definition) is 13. The third-order valence-corrected chi connectivity index (χ3v) is 11.5. The number of benzene rings is 3. The molecule has 5 N–H and O–H groups in total. The molecule has 13 nitrogen and oxygen atoms in total. The van der Waals surface area contributed by atoms with Crippen LogP contribution in [0.1, 0.15) is 47.3 Å². The number of thioether (sulfide) groups is 1. The van der Waals surface area contributed by atoms with Crippen molar-refractivity contribution in [2.75, 3.05) is 25.6 Å². The Morgan fingerprint density at radius 2 is 1.75 bits per heavy atom. The number of aromatic hydroxyl groups is 3. The van der Waals surface area contributed by atoms with Crippen LogP contribution in [0.5, 0.6) is 34.5 Å². The lowest BCUT2D eigenvalue weighted by molar-refractivity contribution is -0.139. The summed E-state index contributed by atoms with van der Waals surface area (Å²) >= 11 is 1.11. The number of nitrogens with one attached hydrogen (secondary N) is 2. The van der Waals surface area contributed by atoms with Crippen molar-refractivity contribution in [2.24, 2.45) is 9.57 Å². The van der Waals surface area contributed by atoms with E-state index < -0.39 is 44.3 Å². The molecular formula is C32H36N4O9S3. The molecule has 1 aliphatic heterocycles. The van der Waals surface area contributed by atoms with E-state index in [9.17, 15) is 29.7 Å². The zero-order valence-electron chi connectivity index (χ0n) is 27.1. The summed E-state index contributed by atoms with van der Waals surface area (Å²) in [6, 6.07) is 9.53. The van der Waals surface area contributed by atoms with Crippen LogP contribution in [0, 0.1) is 20.8 Å². The molecule has 0 aliphatic carbocycles. The van der Waals surface area contributed by atoms with Crippen molar-refractivity contribution >= 4 is 60.1 Å². The van der Waals surface area contributed by atoms with Crippen LogP contribution in [0.25, 0.3) is 0 Å². The molecule has 1 heterocycles. The number of hydrogen-bond donors (Lipinski definition) is 5. The van der Waals surface area contributed by atoms with Gasteiger partial charge >= 0.3 is 5.97 Å². The summed E-state index contributed by atoms with van der Waals surface area (Å²) in [5, 5.41) is 41.8. The first kappa shape index (κ1) is 36.4. The first-order valence-electron chi connectivity index (χ1n) is 14.7. The van der Waals surface area contributed by atoms with Gasteiger partial charge in [0.05, 0.1) is 23.3 Å². The van der Waals surface area contributed by atoms with E-state index in [0.29, 0.717) is 28.7 Å². The molecule has 2 unspecified atom stereocenters. The summed E-state index contributed by atoms with van der Waals surface area (Å²) in [4.78, 5) is 38.2. The molecule has 2 amide bonds. The smallest absolute Gasteiger partial charge is 0.318 e. The second-order valence-electron chi connectivity index (χ2n) is 10.6. The van der Waals surface area contributed by atoms with E-state index in [1.165, 1.54) is 25.3 Å². The van der Waals surface area contributed by atoms with Crippen LogP contribution in [0.4, 0.5) is 5.69 Å². The third-order valence-electron chi connectivity index (χ3n) is 6.79. The quantitative estimate of drug-likeness (QED) is 0.0832. The number of phenolic OH excluding ortho intramolecular Hbond substituents is 3. The molecule has 4 rings (SSSR count). The molecule has 1 aliphatic rings. The van der Waals surface area contributed by atoms with Crippen LogP contribution in [0.15, 0.2) is 50.9 Å². The van der Waals surface area contributed by atoms with Gasteiger partial charge in [-0.05, 0) is 74.2 Å². The fourth-order valence-corrected chi connectivity index (χ4v) is 9.13. The van der Waals surface area contributed by atoms with E-state index in [-0.39, 0.29) is 40.0 Å². The van der Waals surface area contributed by atoms with Gasteiger partial charge in [-0.15, -0.1) is 9.57 Å². The molecule has 48 heavy (non-hydrogen) atoms. The maximum atomic E-state index is 13.4. The molecule has 0 radical (unpaired) electrons. The number of carbonyl (C=O) groups excluding carboxylic acids is 3. The molecule has 2 atom stereocenters. The molecular weight excluding hydrogens is 681 g/mol. The molecule has 0 aromatic heterocycles. The van der Waals surface area contributed by atoms with Gasteiger partial charge in [-0.2, -0.15) is 0 Å². The van der Waals surface area contributed by atoms with Crippen LogP contribution in [0.2, 0.25) is 0 Å². The van der Waals surface area contributed by atoms with E-state index in [0.717, 1.165) is 33.7 Å². The molecule has 0 spiro atoms. The van der Waals surface area contributed by atoms with E-state index in [4.69, 9.17) is 14.2 Å². The van der Waals surface area contributed by atoms with Crippen molar-refractivity contribution in [3.63, 3.8) is 0 Å². The monoisotopic (exact) mass is 716 g/mol. The number of nitrogens with zero attached hydrogens (tertiary/aromatic N) is 2. The Morgan fingerprint density at radius 3 is 2.44 bits per heavy atom. The van der Waals surface area contributed by atoms with E-state index in [2.05, 4.69) is 20.2 Å². The number of phenols is 3. The lowest BCUT2D eigenvalue weighted by atomic mass is 10.1. The predicted molar refractivity (Wildman–Crippen MR) is 188 cm³/mol. The van der Waals surface area contributed by atoms with Gasteiger partial charge in [0.15, 0.2) is 28.2 Å². The summed E-state index contributed by atoms with van der Waals surface area (Å²) < 4.78 is 21.1. The number of carbonyl (C=O) groups is 3. The van der Waals surface area contributed by atoms with Crippen molar-refractivity contribution in [2.45, 2.75) is 51.2 Å². The number of methoxy groups -OCH3 is 1. The maximum absolute atomic E-state index is 13.4. The first-order valence-corrected chi connectivity index (χ1v) is 18.1. The Morgan fingerprint density at radius 1 is 1.00 bits per heavy atom. The highest BCUT2D eigenvalue weighted by atomic mass is 33.1. The van der Waals surface area contributed by atoms with Crippen LogP contribution in [-0.2, 0) is 24.0 Å². The zero-order chi connectivity index (χ0) is 35.1. The number of esters is 1. The van der Waals surface area contributed by atoms with Gasteiger partial charge in [-0.3, -0.25) is 14.4 Å². The molecule has 0 saturated heterocycles. The Bertz CT molecular complexity index is 1810. The lowest BCUT2D eigenvalue weighted by Gasteiger charge is -2.18. The lowest BCUT2D eigenvalue weighted by Crippen LogP contribution is -2.25. The number of ether oxygens (including phenoxy) is 3. The zero-order valence-corrected chi connectivity index (χ0v) is 29.5. The van der Waals surface area contributed by atoms with Gasteiger partial charge in [-0.1, -0.05) is 36.4 Å². The molecule has 256 valence electrons. The van der Waals surface area contributed by atoms with Crippen molar-refractivity contribution in [3.05, 3.63) is 58.7 Å². The molecule has 3 aromatic carbocycles. The molecule has 3 aromatic rings. The molecule has 16 heteroatoms. The molecule has 0 saturated carbocycles. The Labute approximate surface area is 287 Å². The van der Waals surface area contributed by atoms with Crippen LogP contribution in [0.3, 0.4) is 0 Å². The van der Waals surface area contributed by atoms with Crippen molar-refractivity contribution in [1.82, 2.24) is 5.32 Å². The number of anilines is 1. The van der Waals surface area contributed by atoms with E-state index in [1.807, 2.05) is 32.9 Å². The Balaban J connectivity index is 1.64. The van der Waals surface area contributed by atoms with E-state index in [1.54, 1.807) is 19.9 Å². The minimum Gasteiger partial charge on any atom is -0.508 e. The van der Waals surface area contributed by atoms with Crippen LogP contribution >= 0.6 is 22.6 Å². The van der Waals surface area contributed by atoms with Gasteiger partial charge in [-0.25, -0.2) is 0 Å². The molecule has 0 bridgehead atoms. The first-order chi connectivity index (χ1) is 22.8. The highest BCUT2D eigenvalue weighted by molar-refractivity contribution is 8.81. The number of aryl methyl sites for hydroxylation is 3. The Hall–Kier alpha value is -4.41. The average molecular weight is 717 g/mol. The fraction of sp³-hybridized carbons (Fsp3) is 0.312. The summed E-state index contributed by atoms with van der Waals surface area (Å²) in [6.07, 6.45) is 0.637. The normalized spacial score (nSPS) is 14.4. The summed E-state index contributed by atoms with van der Waals surface area (Å²) in [5.41, 5.74) is 2.32. The minimum atomic E-state index is -1.27. The van der Waals surface area contributed by atoms with Crippen molar-refractivity contribution in [3.8, 4) is 34.5 Å².